The quantitative estimate of drug-likeness (QED) is 0.800. The van der Waals surface area contributed by atoms with Gasteiger partial charge in [0.2, 0.25) is 0 Å². The van der Waals surface area contributed by atoms with E-state index in [9.17, 15) is 0 Å². The molecule has 4 heteroatoms. The number of nitrogens with zero attached hydrogens (tertiary/aromatic N) is 2. The van der Waals surface area contributed by atoms with E-state index in [0.717, 1.165) is 17.1 Å². The molecule has 2 heterocycles. The van der Waals surface area contributed by atoms with E-state index in [-0.39, 0.29) is 0 Å². The first kappa shape index (κ1) is 13.3. The second-order valence-corrected chi connectivity index (χ2v) is 6.08. The lowest BCUT2D eigenvalue weighted by Crippen LogP contribution is -2.05. The highest BCUT2D eigenvalue weighted by molar-refractivity contribution is 7.15. The number of fused-ring (bicyclic) bond motifs is 1. The number of nitrogens with two attached hydrogens (primary N) is 1. The molecule has 0 unspecified atom stereocenters. The van der Waals surface area contributed by atoms with Gasteiger partial charge in [-0.3, -0.25) is 4.40 Å². The van der Waals surface area contributed by atoms with E-state index in [2.05, 4.69) is 48.8 Å². The van der Waals surface area contributed by atoms with Crippen LogP contribution in [0.25, 0.3) is 16.2 Å². The maximum Gasteiger partial charge on any atom is 0.194 e. The van der Waals surface area contributed by atoms with Crippen LogP contribution in [0.2, 0.25) is 0 Å². The van der Waals surface area contributed by atoms with Crippen molar-refractivity contribution in [3.63, 3.8) is 0 Å². The minimum absolute atomic E-state index is 0.669. The third kappa shape index (κ3) is 2.05. The molecule has 0 saturated carbocycles. The van der Waals surface area contributed by atoms with Crippen molar-refractivity contribution in [2.45, 2.75) is 27.2 Å². The summed E-state index contributed by atoms with van der Waals surface area (Å²) in [5.41, 5.74) is 13.0. The van der Waals surface area contributed by atoms with Gasteiger partial charge in [0.05, 0.1) is 5.69 Å². The zero-order valence-corrected chi connectivity index (χ0v) is 12.9. The van der Waals surface area contributed by atoms with E-state index < -0.39 is 0 Å². The number of benzene rings is 1. The summed E-state index contributed by atoms with van der Waals surface area (Å²) >= 11 is 1.69. The Balaban J connectivity index is 2.19. The van der Waals surface area contributed by atoms with Crippen LogP contribution in [-0.4, -0.2) is 15.9 Å². The van der Waals surface area contributed by atoms with Crippen LogP contribution in [0.5, 0.6) is 0 Å². The fourth-order valence-corrected chi connectivity index (χ4v) is 3.69. The Hall–Kier alpha value is -1.65. The van der Waals surface area contributed by atoms with Crippen molar-refractivity contribution in [3.8, 4) is 11.3 Å². The molecular weight excluding hydrogens is 266 g/mol. The predicted molar refractivity (Wildman–Crippen MR) is 85.5 cm³/mol. The van der Waals surface area contributed by atoms with Crippen LogP contribution in [0.4, 0.5) is 0 Å². The Morgan fingerprint density at radius 1 is 1.25 bits per heavy atom. The van der Waals surface area contributed by atoms with E-state index in [1.165, 1.54) is 28.1 Å². The molecule has 0 aliphatic rings. The number of hydrogen-bond donors (Lipinski definition) is 1. The van der Waals surface area contributed by atoms with E-state index in [4.69, 9.17) is 10.7 Å². The number of hydrogen-bond acceptors (Lipinski definition) is 3. The minimum atomic E-state index is 0.669. The van der Waals surface area contributed by atoms with Gasteiger partial charge in [0.25, 0.3) is 0 Å². The maximum absolute atomic E-state index is 5.69. The van der Waals surface area contributed by atoms with Gasteiger partial charge in [-0.2, -0.15) is 0 Å². The molecule has 0 fully saturated rings. The first-order valence-electron chi connectivity index (χ1n) is 6.85. The summed E-state index contributed by atoms with van der Waals surface area (Å²) in [5.74, 6) is 0. The number of imidazole rings is 1. The largest absolute Gasteiger partial charge is 0.330 e. The summed E-state index contributed by atoms with van der Waals surface area (Å²) in [7, 11) is 0. The molecule has 3 aromatic rings. The lowest BCUT2D eigenvalue weighted by atomic mass is 10.0. The van der Waals surface area contributed by atoms with E-state index in [0.29, 0.717) is 6.54 Å². The van der Waals surface area contributed by atoms with Crippen molar-refractivity contribution in [2.75, 3.05) is 6.54 Å². The molecule has 104 valence electrons. The Kier molecular flexibility index (Phi) is 3.36. The Labute approximate surface area is 123 Å². The SMILES string of the molecule is Cc1ccc(-c2nc3scc(CCN)n3c2C)c(C)c1. The van der Waals surface area contributed by atoms with E-state index >= 15 is 0 Å². The fraction of sp³-hybridized carbons (Fsp3) is 0.312. The van der Waals surface area contributed by atoms with Crippen molar-refractivity contribution in [1.82, 2.24) is 9.38 Å². The smallest absolute Gasteiger partial charge is 0.194 e. The van der Waals surface area contributed by atoms with Gasteiger partial charge in [0.1, 0.15) is 0 Å². The van der Waals surface area contributed by atoms with Crippen LogP contribution in [0.15, 0.2) is 23.6 Å². The van der Waals surface area contributed by atoms with Crippen LogP contribution < -0.4 is 5.73 Å². The highest BCUT2D eigenvalue weighted by Gasteiger charge is 2.15. The van der Waals surface area contributed by atoms with Crippen molar-refractivity contribution < 1.29 is 0 Å². The molecule has 0 bridgehead atoms. The molecule has 20 heavy (non-hydrogen) atoms. The molecule has 0 atom stereocenters. The molecule has 0 radical (unpaired) electrons. The first-order chi connectivity index (χ1) is 9.61. The van der Waals surface area contributed by atoms with Crippen molar-refractivity contribution in [3.05, 3.63) is 46.1 Å². The summed E-state index contributed by atoms with van der Waals surface area (Å²) in [6.45, 7) is 7.08. The molecule has 0 aliphatic carbocycles. The Morgan fingerprint density at radius 3 is 2.75 bits per heavy atom. The zero-order chi connectivity index (χ0) is 14.3. The molecule has 0 spiro atoms. The molecule has 2 aromatic heterocycles. The second kappa shape index (κ2) is 5.04. The van der Waals surface area contributed by atoms with Gasteiger partial charge in [0, 0.05) is 28.8 Å². The van der Waals surface area contributed by atoms with Crippen LogP contribution in [-0.2, 0) is 6.42 Å². The predicted octanol–water partition coefficient (Wildman–Crippen LogP) is 3.49. The van der Waals surface area contributed by atoms with Gasteiger partial charge in [0.15, 0.2) is 4.96 Å². The number of aryl methyl sites for hydroxylation is 3. The monoisotopic (exact) mass is 285 g/mol. The highest BCUT2D eigenvalue weighted by Crippen LogP contribution is 2.30. The molecule has 3 rings (SSSR count). The Morgan fingerprint density at radius 2 is 2.05 bits per heavy atom. The zero-order valence-electron chi connectivity index (χ0n) is 12.1. The fourth-order valence-electron chi connectivity index (χ4n) is 2.72. The summed E-state index contributed by atoms with van der Waals surface area (Å²) in [4.78, 5) is 5.87. The molecule has 0 saturated heterocycles. The molecule has 2 N–H and O–H groups in total. The first-order valence-corrected chi connectivity index (χ1v) is 7.73. The van der Waals surface area contributed by atoms with Gasteiger partial charge in [-0.25, -0.2) is 4.98 Å². The van der Waals surface area contributed by atoms with Crippen LogP contribution >= 0.6 is 11.3 Å². The minimum Gasteiger partial charge on any atom is -0.330 e. The maximum atomic E-state index is 5.69. The van der Waals surface area contributed by atoms with Gasteiger partial charge >= 0.3 is 0 Å². The molecule has 0 aliphatic heterocycles. The third-order valence-electron chi connectivity index (χ3n) is 3.70. The average molecular weight is 285 g/mol. The standard InChI is InChI=1S/C16H19N3S/c1-10-4-5-14(11(2)8-10)15-12(3)19-13(6-7-17)9-20-16(19)18-15/h4-5,8-9H,6-7,17H2,1-3H3. The normalized spacial score (nSPS) is 11.4. The summed E-state index contributed by atoms with van der Waals surface area (Å²) < 4.78 is 2.24. The van der Waals surface area contributed by atoms with Crippen molar-refractivity contribution in [2.24, 2.45) is 5.73 Å². The second-order valence-electron chi connectivity index (χ2n) is 5.25. The number of thiazole rings is 1. The van der Waals surface area contributed by atoms with Gasteiger partial charge in [-0.15, -0.1) is 11.3 Å². The molecule has 3 nitrogen and oxygen atoms in total. The lowest BCUT2D eigenvalue weighted by Gasteiger charge is -2.06. The van der Waals surface area contributed by atoms with Crippen molar-refractivity contribution >= 4 is 16.3 Å². The van der Waals surface area contributed by atoms with Crippen LogP contribution in [0.1, 0.15) is 22.5 Å². The topological polar surface area (TPSA) is 43.3 Å². The van der Waals surface area contributed by atoms with E-state index in [1.807, 2.05) is 0 Å². The molecule has 1 aromatic carbocycles. The lowest BCUT2D eigenvalue weighted by molar-refractivity contribution is 0.896. The molecular formula is C16H19N3S. The van der Waals surface area contributed by atoms with Crippen LogP contribution in [0.3, 0.4) is 0 Å². The van der Waals surface area contributed by atoms with E-state index in [1.54, 1.807) is 11.3 Å². The summed E-state index contributed by atoms with van der Waals surface area (Å²) in [6, 6.07) is 6.53. The van der Waals surface area contributed by atoms with Gasteiger partial charge < -0.3 is 5.73 Å². The summed E-state index contributed by atoms with van der Waals surface area (Å²) in [6.07, 6.45) is 0.892. The van der Waals surface area contributed by atoms with Gasteiger partial charge in [-0.1, -0.05) is 23.8 Å². The average Bonchev–Trinajstić information content (AvgIpc) is 2.93. The number of rotatable bonds is 3. The van der Waals surface area contributed by atoms with Crippen LogP contribution in [0, 0.1) is 20.8 Å². The highest BCUT2D eigenvalue weighted by atomic mass is 32.1. The molecule has 0 amide bonds. The van der Waals surface area contributed by atoms with Crippen molar-refractivity contribution in [1.29, 1.82) is 0 Å². The van der Waals surface area contributed by atoms with Gasteiger partial charge in [-0.05, 0) is 32.9 Å². The number of aromatic nitrogens is 2. The Bertz CT molecular complexity index is 767. The summed E-state index contributed by atoms with van der Waals surface area (Å²) in [5, 5.41) is 2.16. The third-order valence-corrected chi connectivity index (χ3v) is 4.58.